The van der Waals surface area contributed by atoms with Crippen molar-refractivity contribution in [1.82, 2.24) is 14.9 Å². The average molecular weight is 322 g/mol. The van der Waals surface area contributed by atoms with Gasteiger partial charge in [0.15, 0.2) is 0 Å². The minimum atomic E-state index is -4.40. The summed E-state index contributed by atoms with van der Waals surface area (Å²) in [4.78, 5) is 21.9. The topological polar surface area (TPSA) is 58.1 Å². The van der Waals surface area contributed by atoms with E-state index in [9.17, 15) is 18.0 Å². The summed E-state index contributed by atoms with van der Waals surface area (Å²) in [6, 6.07) is 4.97. The van der Waals surface area contributed by atoms with Crippen molar-refractivity contribution in [3.8, 4) is 0 Å². The SMILES string of the molecule is CNc1ncc2c(n1)CN(Cc1cccc(C(F)(F)F)c1)C2=O. The first kappa shape index (κ1) is 15.3. The Morgan fingerprint density at radius 2 is 2.13 bits per heavy atom. The normalized spacial score (nSPS) is 14.1. The molecule has 0 atom stereocenters. The fourth-order valence-electron chi connectivity index (χ4n) is 2.45. The summed E-state index contributed by atoms with van der Waals surface area (Å²) >= 11 is 0. The summed E-state index contributed by atoms with van der Waals surface area (Å²) in [6.45, 7) is 0.343. The lowest BCUT2D eigenvalue weighted by Gasteiger charge is -2.16. The third-order valence-electron chi connectivity index (χ3n) is 3.58. The molecule has 1 aromatic heterocycles. The van der Waals surface area contributed by atoms with E-state index in [0.29, 0.717) is 22.8 Å². The van der Waals surface area contributed by atoms with Crippen LogP contribution in [0.1, 0.15) is 27.2 Å². The highest BCUT2D eigenvalue weighted by atomic mass is 19.4. The zero-order valence-electron chi connectivity index (χ0n) is 12.2. The van der Waals surface area contributed by atoms with Crippen LogP contribution in [0.3, 0.4) is 0 Å². The molecule has 0 spiro atoms. The van der Waals surface area contributed by atoms with Crippen LogP contribution in [0.15, 0.2) is 30.5 Å². The summed E-state index contributed by atoms with van der Waals surface area (Å²) in [5, 5.41) is 2.78. The lowest BCUT2D eigenvalue weighted by Crippen LogP contribution is -2.23. The summed E-state index contributed by atoms with van der Waals surface area (Å²) in [5.74, 6) is 0.123. The summed E-state index contributed by atoms with van der Waals surface area (Å²) in [5.41, 5.74) is 0.650. The minimum Gasteiger partial charge on any atom is -0.357 e. The predicted molar refractivity (Wildman–Crippen MR) is 76.6 cm³/mol. The number of carbonyl (C=O) groups is 1. The Morgan fingerprint density at radius 3 is 2.83 bits per heavy atom. The third kappa shape index (κ3) is 2.96. The second-order valence-electron chi connectivity index (χ2n) is 5.16. The number of amides is 1. The van der Waals surface area contributed by atoms with E-state index in [1.54, 1.807) is 13.1 Å². The van der Waals surface area contributed by atoms with Crippen LogP contribution in [-0.2, 0) is 19.3 Å². The molecule has 2 aromatic rings. The molecule has 8 heteroatoms. The van der Waals surface area contributed by atoms with E-state index in [-0.39, 0.29) is 19.0 Å². The fourth-order valence-corrected chi connectivity index (χ4v) is 2.45. The third-order valence-corrected chi connectivity index (χ3v) is 3.58. The Bertz CT molecular complexity index is 761. The van der Waals surface area contributed by atoms with Gasteiger partial charge in [0.2, 0.25) is 5.95 Å². The number of anilines is 1. The second kappa shape index (κ2) is 5.53. The number of carbonyl (C=O) groups excluding carboxylic acids is 1. The fraction of sp³-hybridized carbons (Fsp3) is 0.267. The molecule has 1 amide bonds. The Morgan fingerprint density at radius 1 is 1.35 bits per heavy atom. The first-order valence-corrected chi connectivity index (χ1v) is 6.87. The molecule has 2 heterocycles. The zero-order valence-corrected chi connectivity index (χ0v) is 12.2. The molecular weight excluding hydrogens is 309 g/mol. The van der Waals surface area contributed by atoms with Crippen LogP contribution in [-0.4, -0.2) is 27.8 Å². The van der Waals surface area contributed by atoms with Gasteiger partial charge in [-0.3, -0.25) is 4.79 Å². The second-order valence-corrected chi connectivity index (χ2v) is 5.16. The molecular formula is C15H13F3N4O. The van der Waals surface area contributed by atoms with E-state index >= 15 is 0 Å². The lowest BCUT2D eigenvalue weighted by molar-refractivity contribution is -0.137. The Labute approximate surface area is 130 Å². The molecule has 1 aliphatic heterocycles. The number of nitrogens with zero attached hydrogens (tertiary/aromatic N) is 3. The van der Waals surface area contributed by atoms with Gasteiger partial charge in [0.25, 0.3) is 5.91 Å². The number of hydrogen-bond acceptors (Lipinski definition) is 4. The number of benzene rings is 1. The number of rotatable bonds is 3. The van der Waals surface area contributed by atoms with Crippen molar-refractivity contribution < 1.29 is 18.0 Å². The van der Waals surface area contributed by atoms with Crippen LogP contribution >= 0.6 is 0 Å². The Hall–Kier alpha value is -2.64. The van der Waals surface area contributed by atoms with Gasteiger partial charge < -0.3 is 10.2 Å². The summed E-state index contributed by atoms with van der Waals surface area (Å²) in [7, 11) is 1.67. The molecule has 1 aliphatic rings. The van der Waals surface area contributed by atoms with Gasteiger partial charge in [-0.25, -0.2) is 9.97 Å². The molecule has 1 aromatic carbocycles. The van der Waals surface area contributed by atoms with Crippen molar-refractivity contribution in [2.24, 2.45) is 0 Å². The molecule has 0 aliphatic carbocycles. The number of hydrogen-bond donors (Lipinski definition) is 1. The molecule has 0 unspecified atom stereocenters. The molecule has 0 bridgehead atoms. The molecule has 1 N–H and O–H groups in total. The molecule has 23 heavy (non-hydrogen) atoms. The van der Waals surface area contributed by atoms with Crippen molar-refractivity contribution in [3.63, 3.8) is 0 Å². The highest BCUT2D eigenvalue weighted by Crippen LogP contribution is 2.30. The van der Waals surface area contributed by atoms with Gasteiger partial charge >= 0.3 is 6.18 Å². The number of halogens is 3. The average Bonchev–Trinajstić information content (AvgIpc) is 2.82. The van der Waals surface area contributed by atoms with Crippen LogP contribution in [0.5, 0.6) is 0 Å². The molecule has 0 saturated heterocycles. The standard InChI is InChI=1S/C15H13F3N4O/c1-19-14-20-6-11-12(21-14)8-22(13(11)23)7-9-3-2-4-10(5-9)15(16,17)18/h2-6H,7-8H2,1H3,(H,19,20,21). The van der Waals surface area contributed by atoms with Gasteiger partial charge in [-0.05, 0) is 17.7 Å². The van der Waals surface area contributed by atoms with Crippen molar-refractivity contribution in [3.05, 3.63) is 52.8 Å². The van der Waals surface area contributed by atoms with Crippen LogP contribution in [0.2, 0.25) is 0 Å². The summed E-state index contributed by atoms with van der Waals surface area (Å²) < 4.78 is 38.3. The molecule has 0 fully saturated rings. The maximum Gasteiger partial charge on any atom is 0.416 e. The maximum atomic E-state index is 12.8. The van der Waals surface area contributed by atoms with Gasteiger partial charge in [0.05, 0.1) is 23.4 Å². The lowest BCUT2D eigenvalue weighted by atomic mass is 10.1. The van der Waals surface area contributed by atoms with Crippen molar-refractivity contribution in [2.45, 2.75) is 19.3 Å². The Balaban J connectivity index is 1.81. The molecule has 5 nitrogen and oxygen atoms in total. The van der Waals surface area contributed by atoms with Crippen molar-refractivity contribution >= 4 is 11.9 Å². The minimum absolute atomic E-state index is 0.0913. The van der Waals surface area contributed by atoms with Crippen LogP contribution in [0, 0.1) is 0 Å². The van der Waals surface area contributed by atoms with E-state index in [2.05, 4.69) is 15.3 Å². The first-order chi connectivity index (χ1) is 10.9. The monoisotopic (exact) mass is 322 g/mol. The van der Waals surface area contributed by atoms with Gasteiger partial charge in [-0.15, -0.1) is 0 Å². The first-order valence-electron chi connectivity index (χ1n) is 6.87. The largest absolute Gasteiger partial charge is 0.416 e. The molecule has 0 saturated carbocycles. The number of alkyl halides is 3. The van der Waals surface area contributed by atoms with E-state index in [1.165, 1.54) is 17.2 Å². The molecule has 0 radical (unpaired) electrons. The van der Waals surface area contributed by atoms with Gasteiger partial charge in [0.1, 0.15) is 0 Å². The number of aromatic nitrogens is 2. The quantitative estimate of drug-likeness (QED) is 0.944. The van der Waals surface area contributed by atoms with Gasteiger partial charge in [0, 0.05) is 19.8 Å². The van der Waals surface area contributed by atoms with Crippen LogP contribution in [0.25, 0.3) is 0 Å². The van der Waals surface area contributed by atoms with Crippen molar-refractivity contribution in [2.75, 3.05) is 12.4 Å². The zero-order chi connectivity index (χ0) is 16.6. The number of fused-ring (bicyclic) bond motifs is 1. The van der Waals surface area contributed by atoms with E-state index in [0.717, 1.165) is 12.1 Å². The molecule has 120 valence electrons. The van der Waals surface area contributed by atoms with Crippen molar-refractivity contribution in [1.29, 1.82) is 0 Å². The maximum absolute atomic E-state index is 12.8. The van der Waals surface area contributed by atoms with Gasteiger partial charge in [-0.2, -0.15) is 13.2 Å². The van der Waals surface area contributed by atoms with Crippen LogP contribution in [0.4, 0.5) is 19.1 Å². The van der Waals surface area contributed by atoms with Crippen LogP contribution < -0.4 is 5.32 Å². The predicted octanol–water partition coefficient (Wildman–Crippen LogP) is 2.69. The molecule has 3 rings (SSSR count). The Kier molecular flexibility index (Phi) is 3.67. The van der Waals surface area contributed by atoms with E-state index in [1.807, 2.05) is 0 Å². The van der Waals surface area contributed by atoms with E-state index in [4.69, 9.17) is 0 Å². The van der Waals surface area contributed by atoms with Gasteiger partial charge in [-0.1, -0.05) is 12.1 Å². The highest BCUT2D eigenvalue weighted by molar-refractivity contribution is 5.97. The number of nitrogens with one attached hydrogen (secondary N) is 1. The smallest absolute Gasteiger partial charge is 0.357 e. The van der Waals surface area contributed by atoms with E-state index < -0.39 is 11.7 Å². The highest BCUT2D eigenvalue weighted by Gasteiger charge is 2.32. The summed E-state index contributed by atoms with van der Waals surface area (Å²) in [6.07, 6.45) is -2.97.